The van der Waals surface area contributed by atoms with Crippen LogP contribution in [0.25, 0.3) is 0 Å². The molecule has 17 heavy (non-hydrogen) atoms. The predicted octanol–water partition coefficient (Wildman–Crippen LogP) is 2.56. The van der Waals surface area contributed by atoms with Crippen molar-refractivity contribution in [2.45, 2.75) is 44.2 Å². The summed E-state index contributed by atoms with van der Waals surface area (Å²) in [6, 6.07) is 1.90. The van der Waals surface area contributed by atoms with Crippen molar-refractivity contribution in [3.05, 3.63) is 29.0 Å². The van der Waals surface area contributed by atoms with Crippen LogP contribution in [0.4, 0.5) is 0 Å². The number of nitrogens with zero attached hydrogens (tertiary/aromatic N) is 1. The van der Waals surface area contributed by atoms with E-state index in [0.29, 0.717) is 5.02 Å². The molecular weight excluding hydrogens is 236 g/mol. The summed E-state index contributed by atoms with van der Waals surface area (Å²) in [6.07, 6.45) is 7.49. The highest BCUT2D eigenvalue weighted by Crippen LogP contribution is 2.29. The third kappa shape index (κ3) is 2.97. The van der Waals surface area contributed by atoms with Crippen LogP contribution in [0.1, 0.15) is 31.7 Å². The summed E-state index contributed by atoms with van der Waals surface area (Å²) in [5.74, 6) is 0. The first-order chi connectivity index (χ1) is 8.12. The molecule has 0 amide bonds. The largest absolute Gasteiger partial charge is 0.374 e. The Balaban J connectivity index is 2.05. The molecule has 0 saturated carbocycles. The molecule has 2 rings (SSSR count). The molecule has 1 aliphatic heterocycles. The lowest BCUT2D eigenvalue weighted by molar-refractivity contribution is -0.0808. The summed E-state index contributed by atoms with van der Waals surface area (Å²) in [6.45, 7) is 2.92. The average Bonchev–Trinajstić information content (AvgIpc) is 2.33. The molecule has 4 heteroatoms. The summed E-state index contributed by atoms with van der Waals surface area (Å²) < 4.78 is 5.86. The van der Waals surface area contributed by atoms with E-state index in [1.165, 1.54) is 6.42 Å². The number of rotatable bonds is 3. The molecule has 1 fully saturated rings. The van der Waals surface area contributed by atoms with Gasteiger partial charge in [0, 0.05) is 25.0 Å². The molecule has 2 atom stereocenters. The van der Waals surface area contributed by atoms with E-state index in [1.807, 2.05) is 6.07 Å². The van der Waals surface area contributed by atoms with Crippen LogP contribution in [0, 0.1) is 0 Å². The highest BCUT2D eigenvalue weighted by atomic mass is 35.5. The summed E-state index contributed by atoms with van der Waals surface area (Å²) in [5, 5.41) is 0.683. The van der Waals surface area contributed by atoms with Crippen LogP contribution in [0.3, 0.4) is 0 Å². The van der Waals surface area contributed by atoms with E-state index in [0.717, 1.165) is 31.4 Å². The number of hydrogen-bond acceptors (Lipinski definition) is 3. The van der Waals surface area contributed by atoms with Gasteiger partial charge in [0.25, 0.3) is 0 Å². The Bertz CT molecular complexity index is 377. The molecule has 1 saturated heterocycles. The second kappa shape index (κ2) is 5.34. The summed E-state index contributed by atoms with van der Waals surface area (Å²) in [7, 11) is 0. The number of aromatic nitrogens is 1. The maximum absolute atomic E-state index is 6.28. The molecule has 2 heterocycles. The van der Waals surface area contributed by atoms with Gasteiger partial charge >= 0.3 is 0 Å². The lowest BCUT2D eigenvalue weighted by Crippen LogP contribution is -2.50. The Hall–Kier alpha value is -0.640. The molecular formula is C13H19ClN2O. The zero-order chi connectivity index (χ0) is 12.3. The van der Waals surface area contributed by atoms with Crippen molar-refractivity contribution in [1.82, 2.24) is 4.98 Å². The Morgan fingerprint density at radius 3 is 3.06 bits per heavy atom. The molecule has 0 bridgehead atoms. The maximum atomic E-state index is 6.28. The van der Waals surface area contributed by atoms with Crippen molar-refractivity contribution in [2.75, 3.05) is 6.61 Å². The normalized spacial score (nSPS) is 26.8. The molecule has 2 unspecified atom stereocenters. The smallest absolute Gasteiger partial charge is 0.0807 e. The minimum Gasteiger partial charge on any atom is -0.374 e. The standard InChI is InChI=1S/C13H19ClN2O/c1-13(5-2-3-7-17-13)12(15)8-10-4-6-16-9-11(10)14/h4,6,9,12H,2-3,5,7-8,15H2,1H3. The number of pyridine rings is 1. The highest BCUT2D eigenvalue weighted by molar-refractivity contribution is 6.31. The maximum Gasteiger partial charge on any atom is 0.0807 e. The number of halogens is 1. The van der Waals surface area contributed by atoms with Gasteiger partial charge in [-0.1, -0.05) is 11.6 Å². The van der Waals surface area contributed by atoms with Gasteiger partial charge in [-0.15, -0.1) is 0 Å². The van der Waals surface area contributed by atoms with Crippen LogP contribution in [0.2, 0.25) is 5.02 Å². The van der Waals surface area contributed by atoms with E-state index < -0.39 is 0 Å². The van der Waals surface area contributed by atoms with E-state index in [4.69, 9.17) is 22.1 Å². The van der Waals surface area contributed by atoms with E-state index in [9.17, 15) is 0 Å². The fourth-order valence-corrected chi connectivity index (χ4v) is 2.47. The topological polar surface area (TPSA) is 48.1 Å². The van der Waals surface area contributed by atoms with Crippen molar-refractivity contribution in [1.29, 1.82) is 0 Å². The average molecular weight is 255 g/mol. The Morgan fingerprint density at radius 1 is 1.59 bits per heavy atom. The Labute approximate surface area is 107 Å². The third-order valence-corrected chi connectivity index (χ3v) is 3.92. The molecule has 1 aliphatic rings. The summed E-state index contributed by atoms with van der Waals surface area (Å²) in [4.78, 5) is 3.98. The molecule has 1 aromatic rings. The fraction of sp³-hybridized carbons (Fsp3) is 0.615. The minimum atomic E-state index is -0.217. The molecule has 0 aliphatic carbocycles. The summed E-state index contributed by atoms with van der Waals surface area (Å²) in [5.41, 5.74) is 7.11. The van der Waals surface area contributed by atoms with Gasteiger partial charge in [0.1, 0.15) is 0 Å². The molecule has 2 N–H and O–H groups in total. The van der Waals surface area contributed by atoms with Crippen molar-refractivity contribution in [2.24, 2.45) is 5.73 Å². The first-order valence-electron chi connectivity index (χ1n) is 6.10. The van der Waals surface area contributed by atoms with Gasteiger partial charge in [0.15, 0.2) is 0 Å². The van der Waals surface area contributed by atoms with E-state index in [-0.39, 0.29) is 11.6 Å². The first-order valence-corrected chi connectivity index (χ1v) is 6.47. The van der Waals surface area contributed by atoms with Gasteiger partial charge in [-0.2, -0.15) is 0 Å². The van der Waals surface area contributed by atoms with Crippen molar-refractivity contribution >= 4 is 11.6 Å². The second-order valence-corrected chi connectivity index (χ2v) is 5.30. The van der Waals surface area contributed by atoms with E-state index in [2.05, 4.69) is 11.9 Å². The molecule has 94 valence electrons. The van der Waals surface area contributed by atoms with Crippen molar-refractivity contribution < 1.29 is 4.74 Å². The minimum absolute atomic E-state index is 0.0253. The van der Waals surface area contributed by atoms with Crippen molar-refractivity contribution in [3.63, 3.8) is 0 Å². The number of nitrogens with two attached hydrogens (primary N) is 1. The SMILES string of the molecule is CC1(C(N)Cc2ccncc2Cl)CCCCO1. The van der Waals surface area contributed by atoms with Gasteiger partial charge < -0.3 is 10.5 Å². The molecule has 3 nitrogen and oxygen atoms in total. The lowest BCUT2D eigenvalue weighted by Gasteiger charge is -2.39. The highest BCUT2D eigenvalue weighted by Gasteiger charge is 2.34. The second-order valence-electron chi connectivity index (χ2n) is 4.90. The van der Waals surface area contributed by atoms with Gasteiger partial charge in [-0.05, 0) is 44.2 Å². The van der Waals surface area contributed by atoms with Gasteiger partial charge in [-0.25, -0.2) is 0 Å². The van der Waals surface area contributed by atoms with Gasteiger partial charge in [0.2, 0.25) is 0 Å². The Morgan fingerprint density at radius 2 is 2.41 bits per heavy atom. The first kappa shape index (κ1) is 12.8. The zero-order valence-electron chi connectivity index (χ0n) is 10.2. The van der Waals surface area contributed by atoms with Gasteiger partial charge in [-0.3, -0.25) is 4.98 Å². The van der Waals surface area contributed by atoms with Crippen LogP contribution in [-0.4, -0.2) is 23.2 Å². The molecule has 1 aromatic heterocycles. The van der Waals surface area contributed by atoms with E-state index >= 15 is 0 Å². The van der Waals surface area contributed by atoms with Crippen molar-refractivity contribution in [3.8, 4) is 0 Å². The van der Waals surface area contributed by atoms with Crippen LogP contribution >= 0.6 is 11.6 Å². The van der Waals surface area contributed by atoms with Crippen LogP contribution < -0.4 is 5.73 Å². The lowest BCUT2D eigenvalue weighted by atomic mass is 9.85. The van der Waals surface area contributed by atoms with Gasteiger partial charge in [0.05, 0.1) is 10.6 Å². The number of ether oxygens (including phenoxy) is 1. The monoisotopic (exact) mass is 254 g/mol. The predicted molar refractivity (Wildman–Crippen MR) is 69.1 cm³/mol. The van der Waals surface area contributed by atoms with Crippen LogP contribution in [0.15, 0.2) is 18.5 Å². The zero-order valence-corrected chi connectivity index (χ0v) is 10.9. The molecule has 0 aromatic carbocycles. The Kier molecular flexibility index (Phi) is 4.02. The third-order valence-electron chi connectivity index (χ3n) is 3.58. The van der Waals surface area contributed by atoms with E-state index in [1.54, 1.807) is 12.4 Å². The quantitative estimate of drug-likeness (QED) is 0.902. The number of hydrogen-bond donors (Lipinski definition) is 1. The molecule has 0 radical (unpaired) electrons. The summed E-state index contributed by atoms with van der Waals surface area (Å²) >= 11 is 6.09. The fourth-order valence-electron chi connectivity index (χ4n) is 2.27. The molecule has 0 spiro atoms. The van der Waals surface area contributed by atoms with Crippen LogP contribution in [0.5, 0.6) is 0 Å². The van der Waals surface area contributed by atoms with Crippen LogP contribution in [-0.2, 0) is 11.2 Å².